The smallest absolute Gasteiger partial charge is 0.275 e. The van der Waals surface area contributed by atoms with Gasteiger partial charge < -0.3 is 10.6 Å². The molecule has 0 aliphatic rings. The third-order valence-electron chi connectivity index (χ3n) is 3.44. The highest BCUT2D eigenvalue weighted by Crippen LogP contribution is 2.20. The number of para-hydroxylation sites is 1. The Hall–Kier alpha value is -2.43. The van der Waals surface area contributed by atoms with Gasteiger partial charge in [0.15, 0.2) is 0 Å². The molecule has 0 fully saturated rings. The molecule has 1 aromatic carbocycles. The number of benzene rings is 1. The van der Waals surface area contributed by atoms with Crippen LogP contribution in [0.25, 0.3) is 0 Å². The Balaban J connectivity index is 2.04. The first kappa shape index (κ1) is 15.9. The molecule has 22 heavy (non-hydrogen) atoms. The minimum atomic E-state index is -0.245. The van der Waals surface area contributed by atoms with E-state index in [1.165, 1.54) is 6.20 Å². The van der Waals surface area contributed by atoms with Gasteiger partial charge in [0.2, 0.25) is 0 Å². The fourth-order valence-corrected chi connectivity index (χ4v) is 2.12. The molecule has 0 radical (unpaired) electrons. The molecule has 0 bridgehead atoms. The molecule has 0 unspecified atom stereocenters. The van der Waals surface area contributed by atoms with E-state index in [0.717, 1.165) is 36.2 Å². The number of hydrogen-bond acceptors (Lipinski definition) is 4. The zero-order chi connectivity index (χ0) is 15.9. The van der Waals surface area contributed by atoms with Gasteiger partial charge in [0.05, 0.1) is 12.4 Å². The van der Waals surface area contributed by atoms with Gasteiger partial charge in [-0.25, -0.2) is 9.97 Å². The summed E-state index contributed by atoms with van der Waals surface area (Å²) >= 11 is 0. The monoisotopic (exact) mass is 298 g/mol. The van der Waals surface area contributed by atoms with E-state index in [1.54, 1.807) is 6.20 Å². The van der Waals surface area contributed by atoms with Crippen molar-refractivity contribution in [3.8, 4) is 0 Å². The Morgan fingerprint density at radius 2 is 1.86 bits per heavy atom. The summed E-state index contributed by atoms with van der Waals surface area (Å²) in [5.74, 6) is 0.446. The second kappa shape index (κ2) is 7.54. The van der Waals surface area contributed by atoms with Gasteiger partial charge in [-0.2, -0.15) is 0 Å². The molecule has 1 amide bonds. The Morgan fingerprint density at radius 3 is 2.45 bits per heavy atom. The summed E-state index contributed by atoms with van der Waals surface area (Å²) in [4.78, 5) is 20.7. The van der Waals surface area contributed by atoms with Crippen LogP contribution >= 0.6 is 0 Å². The van der Waals surface area contributed by atoms with Crippen LogP contribution in [0.4, 0.5) is 11.5 Å². The van der Waals surface area contributed by atoms with Crippen molar-refractivity contribution in [1.29, 1.82) is 0 Å². The average molecular weight is 298 g/mol. The number of amides is 1. The minimum Gasteiger partial charge on any atom is -0.369 e. The Morgan fingerprint density at radius 1 is 1.14 bits per heavy atom. The molecule has 116 valence electrons. The van der Waals surface area contributed by atoms with E-state index >= 15 is 0 Å². The van der Waals surface area contributed by atoms with Crippen molar-refractivity contribution >= 4 is 17.4 Å². The highest BCUT2D eigenvalue weighted by Gasteiger charge is 2.11. The quantitative estimate of drug-likeness (QED) is 0.800. The third kappa shape index (κ3) is 4.04. The van der Waals surface area contributed by atoms with E-state index in [1.807, 2.05) is 32.0 Å². The van der Waals surface area contributed by atoms with E-state index in [-0.39, 0.29) is 5.91 Å². The lowest BCUT2D eigenvalue weighted by Crippen LogP contribution is -2.16. The van der Waals surface area contributed by atoms with Gasteiger partial charge in [-0.1, -0.05) is 31.5 Å². The number of aryl methyl sites for hydroxylation is 2. The first-order chi connectivity index (χ1) is 10.6. The topological polar surface area (TPSA) is 66.9 Å². The number of unbranched alkanes of at least 4 members (excludes halogenated alkanes) is 1. The van der Waals surface area contributed by atoms with Gasteiger partial charge in [-0.15, -0.1) is 0 Å². The molecule has 2 N–H and O–H groups in total. The lowest BCUT2D eigenvalue weighted by atomic mass is 10.1. The maximum atomic E-state index is 12.3. The van der Waals surface area contributed by atoms with Crippen LogP contribution in [0, 0.1) is 13.8 Å². The zero-order valence-electron chi connectivity index (χ0n) is 13.3. The Labute approximate surface area is 131 Å². The molecule has 0 atom stereocenters. The normalized spacial score (nSPS) is 10.3. The van der Waals surface area contributed by atoms with Gasteiger partial charge in [-0.3, -0.25) is 4.79 Å². The van der Waals surface area contributed by atoms with Crippen molar-refractivity contribution in [2.45, 2.75) is 33.6 Å². The molecule has 0 aliphatic heterocycles. The molecule has 1 aromatic heterocycles. The third-order valence-corrected chi connectivity index (χ3v) is 3.44. The molecular formula is C17H22N4O. The van der Waals surface area contributed by atoms with Crippen LogP contribution < -0.4 is 10.6 Å². The van der Waals surface area contributed by atoms with Gasteiger partial charge in [0.1, 0.15) is 11.5 Å². The molecule has 0 saturated heterocycles. The SMILES string of the molecule is CCCCNc1cnc(C(=O)Nc2c(C)cccc2C)cn1. The van der Waals surface area contributed by atoms with Crippen LogP contribution in [0.1, 0.15) is 41.4 Å². The molecule has 1 heterocycles. The zero-order valence-corrected chi connectivity index (χ0v) is 13.3. The summed E-state index contributed by atoms with van der Waals surface area (Å²) in [5.41, 5.74) is 3.20. The van der Waals surface area contributed by atoms with E-state index < -0.39 is 0 Å². The van der Waals surface area contributed by atoms with Gasteiger partial charge in [-0.05, 0) is 31.4 Å². The Kier molecular flexibility index (Phi) is 5.47. The first-order valence-electron chi connectivity index (χ1n) is 7.55. The average Bonchev–Trinajstić information content (AvgIpc) is 2.52. The number of anilines is 2. The fraction of sp³-hybridized carbons (Fsp3) is 0.353. The standard InChI is InChI=1S/C17H22N4O/c1-4-5-9-18-15-11-19-14(10-20-15)17(22)21-16-12(2)7-6-8-13(16)3/h6-8,10-11H,4-5,9H2,1-3H3,(H,18,20)(H,21,22). The van der Waals surface area contributed by atoms with E-state index in [9.17, 15) is 4.79 Å². The maximum Gasteiger partial charge on any atom is 0.275 e. The van der Waals surface area contributed by atoms with Crippen molar-refractivity contribution in [2.24, 2.45) is 0 Å². The predicted molar refractivity (Wildman–Crippen MR) is 89.3 cm³/mol. The maximum absolute atomic E-state index is 12.3. The highest BCUT2D eigenvalue weighted by molar-refractivity contribution is 6.03. The first-order valence-corrected chi connectivity index (χ1v) is 7.55. The van der Waals surface area contributed by atoms with E-state index in [4.69, 9.17) is 0 Å². The number of carbonyl (C=O) groups is 1. The number of hydrogen-bond donors (Lipinski definition) is 2. The summed E-state index contributed by atoms with van der Waals surface area (Å²) in [5, 5.41) is 6.08. The van der Waals surface area contributed by atoms with Crippen LogP contribution in [0.2, 0.25) is 0 Å². The second-order valence-electron chi connectivity index (χ2n) is 5.29. The predicted octanol–water partition coefficient (Wildman–Crippen LogP) is 3.56. The van der Waals surface area contributed by atoms with Crippen LogP contribution in [0.15, 0.2) is 30.6 Å². The summed E-state index contributed by atoms with van der Waals surface area (Å²) in [6, 6.07) is 5.90. The highest BCUT2D eigenvalue weighted by atomic mass is 16.1. The minimum absolute atomic E-state index is 0.245. The number of nitrogens with one attached hydrogen (secondary N) is 2. The van der Waals surface area contributed by atoms with Crippen molar-refractivity contribution in [3.05, 3.63) is 47.4 Å². The van der Waals surface area contributed by atoms with Gasteiger partial charge in [0, 0.05) is 12.2 Å². The molecule has 5 heteroatoms. The van der Waals surface area contributed by atoms with Crippen LogP contribution in [0.5, 0.6) is 0 Å². The number of nitrogens with zero attached hydrogens (tertiary/aromatic N) is 2. The molecule has 0 aliphatic carbocycles. The number of rotatable bonds is 6. The van der Waals surface area contributed by atoms with Gasteiger partial charge in [0.25, 0.3) is 5.91 Å². The summed E-state index contributed by atoms with van der Waals surface area (Å²) in [7, 11) is 0. The van der Waals surface area contributed by atoms with Crippen molar-refractivity contribution in [1.82, 2.24) is 9.97 Å². The van der Waals surface area contributed by atoms with Crippen molar-refractivity contribution < 1.29 is 4.79 Å². The van der Waals surface area contributed by atoms with E-state index in [0.29, 0.717) is 11.5 Å². The molecule has 2 rings (SSSR count). The lowest BCUT2D eigenvalue weighted by molar-refractivity contribution is 0.102. The van der Waals surface area contributed by atoms with Crippen molar-refractivity contribution in [3.63, 3.8) is 0 Å². The van der Waals surface area contributed by atoms with E-state index in [2.05, 4.69) is 27.5 Å². The molecule has 5 nitrogen and oxygen atoms in total. The number of aromatic nitrogens is 2. The second-order valence-corrected chi connectivity index (χ2v) is 5.29. The van der Waals surface area contributed by atoms with Crippen LogP contribution in [-0.4, -0.2) is 22.4 Å². The largest absolute Gasteiger partial charge is 0.369 e. The van der Waals surface area contributed by atoms with Crippen LogP contribution in [-0.2, 0) is 0 Å². The van der Waals surface area contributed by atoms with Gasteiger partial charge >= 0.3 is 0 Å². The summed E-state index contributed by atoms with van der Waals surface area (Å²) in [6.07, 6.45) is 5.29. The summed E-state index contributed by atoms with van der Waals surface area (Å²) < 4.78 is 0. The fourth-order valence-electron chi connectivity index (χ4n) is 2.12. The Bertz CT molecular complexity index is 617. The molecule has 0 spiro atoms. The number of carbonyl (C=O) groups excluding carboxylic acids is 1. The van der Waals surface area contributed by atoms with Crippen molar-refractivity contribution in [2.75, 3.05) is 17.2 Å². The molecule has 2 aromatic rings. The van der Waals surface area contributed by atoms with Crippen LogP contribution in [0.3, 0.4) is 0 Å². The summed E-state index contributed by atoms with van der Waals surface area (Å²) in [6.45, 7) is 6.93. The molecular weight excluding hydrogens is 276 g/mol. The lowest BCUT2D eigenvalue weighted by Gasteiger charge is -2.11. The molecule has 0 saturated carbocycles.